The molecule has 0 saturated heterocycles. The van der Waals surface area contributed by atoms with Crippen molar-refractivity contribution in [2.75, 3.05) is 0 Å². The van der Waals surface area contributed by atoms with Crippen LogP contribution < -0.4 is 0 Å². The molecule has 2 rings (SSSR count). The highest BCUT2D eigenvalue weighted by Crippen LogP contribution is 2.40. The van der Waals surface area contributed by atoms with Crippen LogP contribution >= 0.6 is 0 Å². The highest BCUT2D eigenvalue weighted by atomic mass is 28.4. The minimum Gasteiger partial charge on any atom is -0.436 e. The van der Waals surface area contributed by atoms with Gasteiger partial charge in [-0.2, -0.15) is 0 Å². The summed E-state index contributed by atoms with van der Waals surface area (Å²) in [6.07, 6.45) is 6.10. The van der Waals surface area contributed by atoms with E-state index in [2.05, 4.69) is 80.7 Å². The van der Waals surface area contributed by atoms with Gasteiger partial charge in [0.1, 0.15) is 0 Å². The van der Waals surface area contributed by atoms with Gasteiger partial charge in [0.2, 0.25) is 0 Å². The van der Waals surface area contributed by atoms with E-state index in [1.807, 2.05) is 13.1 Å². The smallest absolute Gasteiger partial charge is 0.318 e. The lowest BCUT2D eigenvalue weighted by molar-refractivity contribution is 0.373. The molecule has 2 aromatic carbocycles. The summed E-state index contributed by atoms with van der Waals surface area (Å²) >= 11 is 0. The third-order valence-electron chi connectivity index (χ3n) is 5.50. The van der Waals surface area contributed by atoms with E-state index in [1.54, 1.807) is 0 Å². The quantitative estimate of drug-likeness (QED) is 0.317. The van der Waals surface area contributed by atoms with Gasteiger partial charge in [0.25, 0.3) is 0 Å². The summed E-state index contributed by atoms with van der Waals surface area (Å²) in [5.74, 6) is 0.525. The van der Waals surface area contributed by atoms with E-state index in [1.165, 1.54) is 36.8 Å². The molecule has 0 aliphatic heterocycles. The maximum atomic E-state index is 10.5. The van der Waals surface area contributed by atoms with Crippen LogP contribution in [0.5, 0.6) is 0 Å². The fraction of sp³-hybridized carbons (Fsp3) is 0.500. The molecule has 0 heterocycles. The Kier molecular flexibility index (Phi) is 8.68. The normalized spacial score (nSPS) is 14.6. The lowest BCUT2D eigenvalue weighted by Crippen LogP contribution is -2.49. The van der Waals surface area contributed by atoms with Gasteiger partial charge >= 0.3 is 8.56 Å². The Labute approximate surface area is 174 Å². The van der Waals surface area contributed by atoms with Crippen LogP contribution in [-0.4, -0.2) is 21.7 Å². The van der Waals surface area contributed by atoms with Gasteiger partial charge in [-0.3, -0.25) is 0 Å². The first kappa shape index (κ1) is 23.1. The summed E-state index contributed by atoms with van der Waals surface area (Å²) in [4.78, 5) is 10.5. The van der Waals surface area contributed by atoms with Crippen molar-refractivity contribution in [2.45, 2.75) is 76.7 Å². The summed E-state index contributed by atoms with van der Waals surface area (Å²) in [6, 6.07) is 21.8. The zero-order valence-electron chi connectivity index (χ0n) is 18.3. The zero-order valence-corrected chi connectivity index (χ0v) is 20.3. The van der Waals surface area contributed by atoms with Gasteiger partial charge in [-0.05, 0) is 56.1 Å². The van der Waals surface area contributed by atoms with Crippen molar-refractivity contribution >= 4 is 16.9 Å². The van der Waals surface area contributed by atoms with Crippen LogP contribution in [-0.2, 0) is 4.12 Å². The van der Waals surface area contributed by atoms with Crippen molar-refractivity contribution in [1.82, 2.24) is 0 Å². The van der Waals surface area contributed by atoms with E-state index in [4.69, 9.17) is 4.12 Å². The first-order valence-electron chi connectivity index (χ1n) is 10.8. The molecule has 0 aliphatic carbocycles. The second-order valence-corrected chi connectivity index (χ2v) is 16.6. The molecule has 0 saturated carbocycles. The molecule has 154 valence electrons. The van der Waals surface area contributed by atoms with Crippen molar-refractivity contribution in [3.05, 3.63) is 71.8 Å². The standard InChI is InChI=1S/C24H38O2Si2/c1-6-7-10-19-23(21-15-11-8-12-16-21)20-24(22-17-13-9-14-18-22)27(2,3)26-28(4,5)25/h8-9,11-18,23-25H,6-7,10,19-20H2,1-5H3. The predicted octanol–water partition coefficient (Wildman–Crippen LogP) is 6.98. The average molecular weight is 415 g/mol. The van der Waals surface area contributed by atoms with Crippen molar-refractivity contribution in [3.8, 4) is 0 Å². The Balaban J connectivity index is 2.34. The maximum absolute atomic E-state index is 10.5. The third kappa shape index (κ3) is 7.32. The van der Waals surface area contributed by atoms with Gasteiger partial charge in [0, 0.05) is 5.54 Å². The maximum Gasteiger partial charge on any atom is 0.318 e. The minimum atomic E-state index is -2.59. The molecule has 0 bridgehead atoms. The van der Waals surface area contributed by atoms with Gasteiger partial charge in [-0.15, -0.1) is 0 Å². The molecular weight excluding hydrogens is 376 g/mol. The van der Waals surface area contributed by atoms with E-state index in [9.17, 15) is 4.80 Å². The first-order valence-corrected chi connectivity index (χ1v) is 16.6. The molecule has 0 spiro atoms. The fourth-order valence-corrected chi connectivity index (χ4v) is 11.9. The van der Waals surface area contributed by atoms with Crippen LogP contribution in [0.15, 0.2) is 60.7 Å². The van der Waals surface area contributed by atoms with Crippen LogP contribution in [0.3, 0.4) is 0 Å². The van der Waals surface area contributed by atoms with E-state index in [0.717, 1.165) is 6.42 Å². The minimum absolute atomic E-state index is 0.361. The number of rotatable bonds is 11. The summed E-state index contributed by atoms with van der Waals surface area (Å²) in [5.41, 5.74) is 3.15. The van der Waals surface area contributed by atoms with Crippen LogP contribution in [0.4, 0.5) is 0 Å². The zero-order chi connectivity index (χ0) is 20.6. The molecule has 2 atom stereocenters. The van der Waals surface area contributed by atoms with Gasteiger partial charge in [-0.25, -0.2) is 0 Å². The molecule has 0 fully saturated rings. The Morgan fingerprint density at radius 1 is 0.821 bits per heavy atom. The molecule has 4 heteroatoms. The van der Waals surface area contributed by atoms with Crippen LogP contribution in [0.1, 0.15) is 61.6 Å². The van der Waals surface area contributed by atoms with Crippen LogP contribution in [0.2, 0.25) is 26.2 Å². The summed E-state index contributed by atoms with van der Waals surface area (Å²) < 4.78 is 6.44. The van der Waals surface area contributed by atoms with Crippen molar-refractivity contribution in [2.24, 2.45) is 0 Å². The molecule has 28 heavy (non-hydrogen) atoms. The third-order valence-corrected chi connectivity index (χ3v) is 11.9. The summed E-state index contributed by atoms with van der Waals surface area (Å²) in [5, 5.41) is 0. The van der Waals surface area contributed by atoms with Gasteiger partial charge < -0.3 is 8.91 Å². The lowest BCUT2D eigenvalue weighted by atomic mass is 9.87. The molecule has 0 aromatic heterocycles. The first-order chi connectivity index (χ1) is 13.2. The highest BCUT2D eigenvalue weighted by molar-refractivity contribution is 6.82. The molecule has 0 aliphatic rings. The number of benzene rings is 2. The van der Waals surface area contributed by atoms with Crippen LogP contribution in [0, 0.1) is 0 Å². The van der Waals surface area contributed by atoms with Crippen LogP contribution in [0.25, 0.3) is 0 Å². The Morgan fingerprint density at radius 3 is 1.86 bits per heavy atom. The van der Waals surface area contributed by atoms with E-state index in [-0.39, 0.29) is 0 Å². The summed E-state index contributed by atoms with van der Waals surface area (Å²) in [7, 11) is -4.73. The molecular formula is C24H38O2Si2. The van der Waals surface area contributed by atoms with Gasteiger partial charge in [-0.1, -0.05) is 86.8 Å². The average Bonchev–Trinajstić information content (AvgIpc) is 2.64. The fourth-order valence-electron chi connectivity index (χ4n) is 4.29. The number of hydrogen-bond acceptors (Lipinski definition) is 2. The van der Waals surface area contributed by atoms with Crippen molar-refractivity contribution in [1.29, 1.82) is 0 Å². The molecule has 2 nitrogen and oxygen atoms in total. The monoisotopic (exact) mass is 414 g/mol. The highest BCUT2D eigenvalue weighted by Gasteiger charge is 2.40. The SMILES string of the molecule is CCCCCC(CC(c1ccccc1)[Si](C)(C)O[Si](C)(C)O)c1ccccc1. The van der Waals surface area contributed by atoms with Gasteiger partial charge in [0.15, 0.2) is 8.32 Å². The Bertz CT molecular complexity index is 681. The second kappa shape index (κ2) is 10.5. The molecule has 0 amide bonds. The van der Waals surface area contributed by atoms with Crippen molar-refractivity contribution < 1.29 is 8.91 Å². The Hall–Kier alpha value is -1.21. The van der Waals surface area contributed by atoms with Crippen molar-refractivity contribution in [3.63, 3.8) is 0 Å². The number of unbranched alkanes of at least 4 members (excludes halogenated alkanes) is 2. The predicted molar refractivity (Wildman–Crippen MR) is 125 cm³/mol. The molecule has 2 aromatic rings. The van der Waals surface area contributed by atoms with E-state index in [0.29, 0.717) is 11.5 Å². The number of hydrogen-bond donors (Lipinski definition) is 1. The lowest BCUT2D eigenvalue weighted by Gasteiger charge is -2.38. The Morgan fingerprint density at radius 2 is 1.36 bits per heavy atom. The molecule has 2 unspecified atom stereocenters. The molecule has 1 N–H and O–H groups in total. The van der Waals surface area contributed by atoms with E-state index >= 15 is 0 Å². The largest absolute Gasteiger partial charge is 0.436 e. The van der Waals surface area contributed by atoms with E-state index < -0.39 is 16.9 Å². The summed E-state index contributed by atoms with van der Waals surface area (Å²) in [6.45, 7) is 10.6. The molecule has 0 radical (unpaired) electrons. The topological polar surface area (TPSA) is 29.5 Å². The second-order valence-electron chi connectivity index (χ2n) is 8.95. The van der Waals surface area contributed by atoms with Gasteiger partial charge in [0.05, 0.1) is 0 Å².